The number of hydrogen-bond donors (Lipinski definition) is 2. The Morgan fingerprint density at radius 3 is 2.02 bits per heavy atom. The van der Waals surface area contributed by atoms with Gasteiger partial charge in [0.2, 0.25) is 11.7 Å². The van der Waals surface area contributed by atoms with Crippen LogP contribution in [-0.4, -0.2) is 66.8 Å². The number of carbonyl (C=O) groups excluding carboxylic acids is 4. The summed E-state index contributed by atoms with van der Waals surface area (Å²) in [4.78, 5) is 43.6. The number of amides is 1. The number of carboxylic acids is 3. The molecular weight excluding hydrogens is 576 g/mol. The summed E-state index contributed by atoms with van der Waals surface area (Å²) in [5.41, 5.74) is 2.67. The molecule has 0 unspecified atom stereocenters. The summed E-state index contributed by atoms with van der Waals surface area (Å²) in [5, 5.41) is 45.5. The Bertz CT molecular complexity index is 1300. The van der Waals surface area contributed by atoms with E-state index in [1.54, 1.807) is 0 Å². The van der Waals surface area contributed by atoms with Gasteiger partial charge in [0.25, 0.3) is 0 Å². The summed E-state index contributed by atoms with van der Waals surface area (Å²) < 4.78 is 79.3. The first kappa shape index (κ1) is 32.9. The van der Waals surface area contributed by atoms with Crippen molar-refractivity contribution in [3.8, 4) is 0 Å². The molecule has 1 aliphatic heterocycles. The van der Waals surface area contributed by atoms with E-state index in [0.29, 0.717) is 12.1 Å². The number of benzene rings is 1. The van der Waals surface area contributed by atoms with Crippen molar-refractivity contribution in [2.24, 2.45) is 5.73 Å². The third-order valence-electron chi connectivity index (χ3n) is 5.62. The molecule has 19 heteroatoms. The smallest absolute Gasteiger partial charge is 0.451 e. The van der Waals surface area contributed by atoms with Gasteiger partial charge >= 0.3 is 6.18 Å². The number of aliphatic hydroxyl groups is 1. The first-order valence-corrected chi connectivity index (χ1v) is 11.3. The van der Waals surface area contributed by atoms with E-state index in [-0.39, 0.29) is 43.9 Å². The van der Waals surface area contributed by atoms with Gasteiger partial charge in [-0.1, -0.05) is 0 Å². The van der Waals surface area contributed by atoms with Crippen LogP contribution in [0.1, 0.15) is 36.5 Å². The Morgan fingerprint density at radius 1 is 0.951 bits per heavy atom. The van der Waals surface area contributed by atoms with Gasteiger partial charge in [0.05, 0.1) is 12.5 Å². The van der Waals surface area contributed by atoms with Crippen LogP contribution >= 0.6 is 0 Å². The molecule has 226 valence electrons. The molecule has 1 atom stereocenters. The molecule has 0 aliphatic carbocycles. The fraction of sp³-hybridized carbons (Fsp3) is 0.455. The topological polar surface area (TPSA) is 218 Å². The Hall–Kier alpha value is -4.26. The summed E-state index contributed by atoms with van der Waals surface area (Å²) in [7, 11) is 0. The Balaban J connectivity index is 0.000000383. The van der Waals surface area contributed by atoms with Crippen LogP contribution in [0, 0.1) is 17.5 Å². The maximum absolute atomic E-state index is 13.7. The van der Waals surface area contributed by atoms with Crippen LogP contribution in [-0.2, 0) is 44.9 Å². The summed E-state index contributed by atoms with van der Waals surface area (Å²) in [6, 6.07) is 0.184. The minimum absolute atomic E-state index is 0.000783. The zero-order valence-corrected chi connectivity index (χ0v) is 20.6. The predicted molar refractivity (Wildman–Crippen MR) is 112 cm³/mol. The van der Waals surface area contributed by atoms with E-state index in [0.717, 1.165) is 4.57 Å². The molecule has 2 aromatic rings. The molecule has 0 fully saturated rings. The minimum atomic E-state index is -4.64. The molecule has 0 saturated carbocycles. The molecule has 0 spiro atoms. The van der Waals surface area contributed by atoms with Crippen LogP contribution in [0.5, 0.6) is 0 Å². The molecule has 2 heterocycles. The number of rotatable bonds is 9. The molecule has 1 aromatic heterocycles. The van der Waals surface area contributed by atoms with Gasteiger partial charge < -0.3 is 50.0 Å². The first-order chi connectivity index (χ1) is 18.8. The van der Waals surface area contributed by atoms with E-state index in [1.165, 1.54) is 4.90 Å². The summed E-state index contributed by atoms with van der Waals surface area (Å²) in [6.45, 7) is -0.302. The highest BCUT2D eigenvalue weighted by Gasteiger charge is 2.40. The third-order valence-corrected chi connectivity index (χ3v) is 5.62. The maximum atomic E-state index is 13.7. The maximum Gasteiger partial charge on any atom is 0.451 e. The number of aliphatic carboxylic acids is 3. The van der Waals surface area contributed by atoms with Crippen molar-refractivity contribution in [2.75, 3.05) is 6.54 Å². The number of carbonyl (C=O) groups is 4. The van der Waals surface area contributed by atoms with Crippen molar-refractivity contribution in [1.29, 1.82) is 0 Å². The minimum Gasteiger partial charge on any atom is -0.550 e. The van der Waals surface area contributed by atoms with Crippen molar-refractivity contribution >= 4 is 23.8 Å². The van der Waals surface area contributed by atoms with E-state index in [2.05, 4.69) is 10.2 Å². The van der Waals surface area contributed by atoms with E-state index in [1.807, 2.05) is 0 Å². The SMILES string of the molecule is N[C@@H](CC(=O)N1CCn2c(nnc2C(F)(F)F)C1)Cc1cc(F)c(F)cc1F.O=C([O-])CC(O)(CC(=O)[O-])C(=O)[O-]. The van der Waals surface area contributed by atoms with Crippen LogP contribution in [0.4, 0.5) is 26.3 Å². The lowest BCUT2D eigenvalue weighted by molar-refractivity contribution is -0.339. The van der Waals surface area contributed by atoms with E-state index >= 15 is 0 Å². The standard InChI is InChI=1S/C16H15F6N5O.C6H8O7/c17-10-6-12(19)11(18)4-8(10)3-9(23)5-14(28)26-1-2-27-13(7-26)24-25-15(27)16(20,21)22;7-3(8)1-6(13,5(11)12)2-4(9)10/h4,6,9H,1-3,5,7,23H2;13H,1-2H2,(H,7,8)(H,9,10)(H,11,12)/p-3/t9-;/m1./s1. The van der Waals surface area contributed by atoms with Gasteiger partial charge in [0.1, 0.15) is 11.4 Å². The van der Waals surface area contributed by atoms with Crippen LogP contribution in [0.25, 0.3) is 0 Å². The van der Waals surface area contributed by atoms with Crippen molar-refractivity contribution in [3.05, 3.63) is 46.8 Å². The zero-order chi connectivity index (χ0) is 31.3. The van der Waals surface area contributed by atoms with Crippen molar-refractivity contribution in [1.82, 2.24) is 19.7 Å². The Kier molecular flexibility index (Phi) is 10.4. The molecule has 1 amide bonds. The van der Waals surface area contributed by atoms with Gasteiger partial charge in [-0.15, -0.1) is 10.2 Å². The zero-order valence-electron chi connectivity index (χ0n) is 20.6. The highest BCUT2D eigenvalue weighted by molar-refractivity contribution is 5.86. The van der Waals surface area contributed by atoms with Gasteiger partial charge in [-0.3, -0.25) is 4.79 Å². The first-order valence-electron chi connectivity index (χ1n) is 11.3. The number of hydrogen-bond acceptors (Lipinski definition) is 11. The fourth-order valence-corrected chi connectivity index (χ4v) is 3.69. The number of carboxylic acid groups (broad SMARTS) is 3. The number of nitrogens with zero attached hydrogens (tertiary/aromatic N) is 4. The largest absolute Gasteiger partial charge is 0.550 e. The van der Waals surface area contributed by atoms with Crippen molar-refractivity contribution < 1.29 is 65.9 Å². The molecule has 0 bridgehead atoms. The van der Waals surface area contributed by atoms with Crippen LogP contribution in [0.15, 0.2) is 12.1 Å². The molecule has 3 N–H and O–H groups in total. The number of aromatic nitrogens is 3. The van der Waals surface area contributed by atoms with E-state index in [4.69, 9.17) is 10.8 Å². The van der Waals surface area contributed by atoms with Crippen molar-refractivity contribution in [2.45, 2.75) is 56.6 Å². The molecular formula is C22H20F6N5O8-3. The summed E-state index contributed by atoms with van der Waals surface area (Å²) in [6.07, 6.45) is -7.82. The average Bonchev–Trinajstić information content (AvgIpc) is 3.26. The van der Waals surface area contributed by atoms with E-state index < -0.39 is 77.8 Å². The number of alkyl halides is 3. The van der Waals surface area contributed by atoms with Gasteiger partial charge in [0.15, 0.2) is 17.5 Å². The Labute approximate surface area is 225 Å². The normalized spacial score (nSPS) is 14.0. The lowest BCUT2D eigenvalue weighted by atomic mass is 9.96. The van der Waals surface area contributed by atoms with Crippen LogP contribution < -0.4 is 21.1 Å². The lowest BCUT2D eigenvalue weighted by Crippen LogP contribution is -2.54. The second-order valence-electron chi connectivity index (χ2n) is 8.85. The third kappa shape index (κ3) is 8.87. The molecule has 1 aromatic carbocycles. The summed E-state index contributed by atoms with van der Waals surface area (Å²) in [5.74, 6) is -11.1. The number of fused-ring (bicyclic) bond motifs is 1. The van der Waals surface area contributed by atoms with Gasteiger partial charge in [0, 0.05) is 56.4 Å². The van der Waals surface area contributed by atoms with Gasteiger partial charge in [-0.25, -0.2) is 13.2 Å². The molecule has 0 saturated heterocycles. The molecule has 3 rings (SSSR count). The molecule has 13 nitrogen and oxygen atoms in total. The monoisotopic (exact) mass is 596 g/mol. The van der Waals surface area contributed by atoms with Crippen molar-refractivity contribution in [3.63, 3.8) is 0 Å². The lowest BCUT2D eigenvalue weighted by Gasteiger charge is -2.29. The van der Waals surface area contributed by atoms with E-state index in [9.17, 15) is 60.8 Å². The second-order valence-corrected chi connectivity index (χ2v) is 8.85. The highest BCUT2D eigenvalue weighted by atomic mass is 19.4. The highest BCUT2D eigenvalue weighted by Crippen LogP contribution is 2.29. The number of halogens is 6. The fourth-order valence-electron chi connectivity index (χ4n) is 3.69. The van der Waals surface area contributed by atoms with Gasteiger partial charge in [-0.05, 0) is 18.1 Å². The quantitative estimate of drug-likeness (QED) is 0.217. The summed E-state index contributed by atoms with van der Waals surface area (Å²) >= 11 is 0. The van der Waals surface area contributed by atoms with Gasteiger partial charge in [-0.2, -0.15) is 13.2 Å². The predicted octanol–water partition coefficient (Wildman–Crippen LogP) is -3.24. The molecule has 1 aliphatic rings. The molecule has 41 heavy (non-hydrogen) atoms. The average molecular weight is 596 g/mol. The van der Waals surface area contributed by atoms with Crippen LogP contribution in [0.2, 0.25) is 0 Å². The van der Waals surface area contributed by atoms with Crippen LogP contribution in [0.3, 0.4) is 0 Å². The second kappa shape index (κ2) is 12.9. The Morgan fingerprint density at radius 2 is 1.51 bits per heavy atom. The number of nitrogens with two attached hydrogens (primary N) is 1. The molecule has 0 radical (unpaired) electrons.